The Kier molecular flexibility index (Phi) is 4.35. The summed E-state index contributed by atoms with van der Waals surface area (Å²) < 4.78 is 22.5. The maximum Gasteiger partial charge on any atom is 0.259 e. The van der Waals surface area contributed by atoms with Crippen molar-refractivity contribution in [1.82, 2.24) is 15.1 Å². The molecule has 0 aliphatic rings. The van der Waals surface area contributed by atoms with Crippen LogP contribution in [0.2, 0.25) is 5.02 Å². The first-order valence-corrected chi connectivity index (χ1v) is 8.32. The van der Waals surface area contributed by atoms with Crippen molar-refractivity contribution in [1.29, 1.82) is 0 Å². The van der Waals surface area contributed by atoms with Gasteiger partial charge in [-0.2, -0.15) is 4.98 Å². The molecule has 0 bridgehead atoms. The number of halogens is 1. The van der Waals surface area contributed by atoms with Crippen molar-refractivity contribution >= 4 is 22.4 Å². The molecule has 0 saturated heterocycles. The Morgan fingerprint density at radius 3 is 2.82 bits per heavy atom. The van der Waals surface area contributed by atoms with Gasteiger partial charge >= 0.3 is 0 Å². The van der Waals surface area contributed by atoms with Gasteiger partial charge in [0, 0.05) is 10.8 Å². The zero-order chi connectivity index (χ0) is 15.5. The molecule has 2 heterocycles. The number of benzene rings is 1. The number of rotatable bonds is 5. The number of hydrogen-bond donors (Lipinski definition) is 0. The van der Waals surface area contributed by atoms with Gasteiger partial charge in [-0.1, -0.05) is 28.9 Å². The highest BCUT2D eigenvalue weighted by Crippen LogP contribution is 2.26. The van der Waals surface area contributed by atoms with Crippen LogP contribution < -0.4 is 0 Å². The lowest BCUT2D eigenvalue weighted by molar-refractivity contribution is 0.425. The van der Waals surface area contributed by atoms with Crippen molar-refractivity contribution in [3.05, 3.63) is 53.0 Å². The van der Waals surface area contributed by atoms with Crippen molar-refractivity contribution in [2.24, 2.45) is 0 Å². The molecule has 0 fully saturated rings. The summed E-state index contributed by atoms with van der Waals surface area (Å²) in [5.74, 6) is 2.17. The Morgan fingerprint density at radius 1 is 1.27 bits per heavy atom. The SMILES string of the molecule is Cc1cnc(C[S@](=O)Cc2noc(-c3ccccc3Cl)n2)o1. The molecule has 0 aliphatic heterocycles. The third kappa shape index (κ3) is 3.42. The lowest BCUT2D eigenvalue weighted by Gasteiger charge is -1.96. The number of nitrogens with zero attached hydrogens (tertiary/aromatic N) is 3. The minimum atomic E-state index is -1.23. The van der Waals surface area contributed by atoms with Crippen LogP contribution in [0.15, 0.2) is 39.4 Å². The highest BCUT2D eigenvalue weighted by Gasteiger charge is 2.15. The third-order valence-electron chi connectivity index (χ3n) is 2.82. The molecule has 3 aromatic rings. The molecule has 0 N–H and O–H groups in total. The van der Waals surface area contributed by atoms with E-state index in [-0.39, 0.29) is 11.5 Å². The van der Waals surface area contributed by atoms with Crippen LogP contribution in [-0.4, -0.2) is 19.3 Å². The van der Waals surface area contributed by atoms with Gasteiger partial charge in [0.25, 0.3) is 5.89 Å². The van der Waals surface area contributed by atoms with Gasteiger partial charge in [0.15, 0.2) is 5.82 Å². The van der Waals surface area contributed by atoms with Crippen LogP contribution in [0.4, 0.5) is 0 Å². The van der Waals surface area contributed by atoms with E-state index in [0.717, 1.165) is 0 Å². The molecular weight excluding hydrogens is 326 g/mol. The fraction of sp³-hybridized carbons (Fsp3) is 0.214. The van der Waals surface area contributed by atoms with Crippen LogP contribution in [0.25, 0.3) is 11.5 Å². The van der Waals surface area contributed by atoms with E-state index < -0.39 is 10.8 Å². The predicted octanol–water partition coefficient (Wildman–Crippen LogP) is 3.14. The number of aromatic nitrogens is 3. The van der Waals surface area contributed by atoms with Crippen LogP contribution in [-0.2, 0) is 22.3 Å². The monoisotopic (exact) mass is 337 g/mol. The Hall–Kier alpha value is -1.99. The van der Waals surface area contributed by atoms with Gasteiger partial charge in [-0.25, -0.2) is 4.98 Å². The summed E-state index contributed by atoms with van der Waals surface area (Å²) in [5, 5.41) is 4.35. The average molecular weight is 338 g/mol. The van der Waals surface area contributed by atoms with E-state index in [0.29, 0.717) is 34.0 Å². The molecule has 8 heteroatoms. The van der Waals surface area contributed by atoms with Crippen LogP contribution in [0.1, 0.15) is 17.5 Å². The normalized spacial score (nSPS) is 12.5. The summed E-state index contributed by atoms with van der Waals surface area (Å²) in [6, 6.07) is 7.17. The van der Waals surface area contributed by atoms with E-state index in [9.17, 15) is 4.21 Å². The highest BCUT2D eigenvalue weighted by molar-refractivity contribution is 7.83. The van der Waals surface area contributed by atoms with Crippen LogP contribution in [0, 0.1) is 6.92 Å². The highest BCUT2D eigenvalue weighted by atomic mass is 35.5. The van der Waals surface area contributed by atoms with Crippen molar-refractivity contribution in [2.75, 3.05) is 0 Å². The van der Waals surface area contributed by atoms with E-state index >= 15 is 0 Å². The number of aryl methyl sites for hydroxylation is 1. The molecule has 3 rings (SSSR count). The van der Waals surface area contributed by atoms with Crippen LogP contribution in [0.5, 0.6) is 0 Å². The molecule has 6 nitrogen and oxygen atoms in total. The zero-order valence-corrected chi connectivity index (χ0v) is 13.2. The van der Waals surface area contributed by atoms with E-state index in [2.05, 4.69) is 15.1 Å². The second-order valence-corrected chi connectivity index (χ2v) is 6.45. The first-order chi connectivity index (χ1) is 10.6. The predicted molar refractivity (Wildman–Crippen MR) is 81.5 cm³/mol. The Bertz CT molecular complexity index is 815. The molecule has 0 spiro atoms. The maximum atomic E-state index is 12.1. The summed E-state index contributed by atoms with van der Waals surface area (Å²) in [6.45, 7) is 1.79. The fourth-order valence-electron chi connectivity index (χ4n) is 1.86. The van der Waals surface area contributed by atoms with Crippen molar-refractivity contribution in [2.45, 2.75) is 18.4 Å². The van der Waals surface area contributed by atoms with Crippen LogP contribution >= 0.6 is 11.6 Å². The first-order valence-electron chi connectivity index (χ1n) is 6.45. The van der Waals surface area contributed by atoms with Crippen molar-refractivity contribution in [3.63, 3.8) is 0 Å². The van der Waals surface area contributed by atoms with Crippen LogP contribution in [0.3, 0.4) is 0 Å². The maximum absolute atomic E-state index is 12.1. The molecule has 114 valence electrons. The second kappa shape index (κ2) is 6.41. The van der Waals surface area contributed by atoms with E-state index in [1.807, 2.05) is 12.1 Å². The lowest BCUT2D eigenvalue weighted by Crippen LogP contribution is -2.01. The summed E-state index contributed by atoms with van der Waals surface area (Å²) in [4.78, 5) is 8.24. The molecule has 0 radical (unpaired) electrons. The molecule has 0 amide bonds. The van der Waals surface area contributed by atoms with Gasteiger partial charge in [0.2, 0.25) is 5.89 Å². The molecular formula is C14H12ClN3O3S. The summed E-state index contributed by atoms with van der Waals surface area (Å²) in [6.07, 6.45) is 1.59. The number of oxazole rings is 1. The largest absolute Gasteiger partial charge is 0.445 e. The minimum absolute atomic E-state index is 0.162. The quantitative estimate of drug-likeness (QED) is 0.711. The summed E-state index contributed by atoms with van der Waals surface area (Å²) in [7, 11) is -1.23. The second-order valence-electron chi connectivity index (χ2n) is 4.59. The Labute approximate surface area is 134 Å². The van der Waals surface area contributed by atoms with E-state index in [1.54, 1.807) is 25.3 Å². The Morgan fingerprint density at radius 2 is 2.09 bits per heavy atom. The van der Waals surface area contributed by atoms with Gasteiger partial charge in [0.1, 0.15) is 11.5 Å². The molecule has 0 aliphatic carbocycles. The van der Waals surface area contributed by atoms with Gasteiger partial charge in [0.05, 0.1) is 22.5 Å². The topological polar surface area (TPSA) is 82.0 Å². The molecule has 0 unspecified atom stereocenters. The third-order valence-corrected chi connectivity index (χ3v) is 4.29. The van der Waals surface area contributed by atoms with Crippen molar-refractivity contribution in [3.8, 4) is 11.5 Å². The van der Waals surface area contributed by atoms with Gasteiger partial charge in [-0.15, -0.1) is 0 Å². The Balaban J connectivity index is 1.69. The molecule has 1 aromatic carbocycles. The zero-order valence-electron chi connectivity index (χ0n) is 11.7. The molecule has 1 atom stereocenters. The smallest absolute Gasteiger partial charge is 0.259 e. The summed E-state index contributed by atoms with van der Waals surface area (Å²) >= 11 is 6.07. The fourth-order valence-corrected chi connectivity index (χ4v) is 2.99. The summed E-state index contributed by atoms with van der Waals surface area (Å²) in [5.41, 5.74) is 0.650. The van der Waals surface area contributed by atoms with Gasteiger partial charge < -0.3 is 8.94 Å². The van der Waals surface area contributed by atoms with Gasteiger partial charge in [-0.3, -0.25) is 4.21 Å². The average Bonchev–Trinajstić information content (AvgIpc) is 3.09. The first kappa shape index (κ1) is 14.9. The minimum Gasteiger partial charge on any atom is -0.445 e. The van der Waals surface area contributed by atoms with Crippen molar-refractivity contribution < 1.29 is 13.1 Å². The molecule has 22 heavy (non-hydrogen) atoms. The molecule has 2 aromatic heterocycles. The standard InChI is InChI=1S/C14H12ClN3O3S/c1-9-6-16-13(20-9)8-22(19)7-12-17-14(21-18-12)10-4-2-3-5-11(10)15/h2-6H,7-8H2,1H3/t22-/m1/s1. The van der Waals surface area contributed by atoms with E-state index in [1.165, 1.54) is 0 Å². The molecule has 0 saturated carbocycles. The lowest BCUT2D eigenvalue weighted by atomic mass is 10.2. The number of hydrogen-bond acceptors (Lipinski definition) is 6. The van der Waals surface area contributed by atoms with E-state index in [4.69, 9.17) is 20.5 Å². The van der Waals surface area contributed by atoms with Gasteiger partial charge in [-0.05, 0) is 19.1 Å².